The third-order valence-corrected chi connectivity index (χ3v) is 7.02. The molecule has 4 rings (SSSR count). The number of hydrogen-bond acceptors (Lipinski definition) is 3. The molecule has 2 aliphatic carbocycles. The van der Waals surface area contributed by atoms with Crippen LogP contribution in [0.5, 0.6) is 0 Å². The molecule has 146 valence electrons. The second-order valence-electron chi connectivity index (χ2n) is 8.60. The Morgan fingerprint density at radius 3 is 2.63 bits per heavy atom. The quantitative estimate of drug-likeness (QED) is 0.519. The van der Waals surface area contributed by atoms with E-state index < -0.39 is 0 Å². The summed E-state index contributed by atoms with van der Waals surface area (Å²) in [5.41, 5.74) is 1.50. The van der Waals surface area contributed by atoms with Crippen LogP contribution in [-0.4, -0.2) is 36.1 Å². The molecule has 0 bridgehead atoms. The lowest BCUT2D eigenvalue weighted by Gasteiger charge is -2.41. The maximum absolute atomic E-state index is 13.0. The van der Waals surface area contributed by atoms with E-state index in [-0.39, 0.29) is 17.8 Å². The number of ether oxygens (including phenoxy) is 1. The Bertz CT molecular complexity index is 648. The summed E-state index contributed by atoms with van der Waals surface area (Å²) < 4.78 is 5.85. The van der Waals surface area contributed by atoms with Gasteiger partial charge in [-0.2, -0.15) is 0 Å². The summed E-state index contributed by atoms with van der Waals surface area (Å²) in [6.45, 7) is 2.60. The first-order valence-corrected chi connectivity index (χ1v) is 10.9. The minimum Gasteiger partial charge on any atom is -0.464 e. The molecule has 3 heteroatoms. The highest BCUT2D eigenvalue weighted by molar-refractivity contribution is 5.79. The number of rotatable bonds is 6. The fourth-order valence-electron chi connectivity index (χ4n) is 5.62. The minimum atomic E-state index is -0.160. The van der Waals surface area contributed by atoms with Crippen molar-refractivity contribution in [2.75, 3.05) is 19.7 Å². The van der Waals surface area contributed by atoms with Gasteiger partial charge in [0.25, 0.3) is 0 Å². The molecular formula is C24H33NO2. The fraction of sp³-hybridized carbons (Fsp3) is 0.625. The smallest absolute Gasteiger partial charge is 0.314 e. The van der Waals surface area contributed by atoms with Crippen molar-refractivity contribution in [1.82, 2.24) is 4.90 Å². The van der Waals surface area contributed by atoms with Crippen LogP contribution in [0.1, 0.15) is 69.3 Å². The average molecular weight is 368 g/mol. The van der Waals surface area contributed by atoms with Crippen molar-refractivity contribution in [3.63, 3.8) is 0 Å². The zero-order valence-corrected chi connectivity index (χ0v) is 16.4. The molecule has 1 aromatic carbocycles. The van der Waals surface area contributed by atoms with Crippen LogP contribution in [0.3, 0.4) is 0 Å². The summed E-state index contributed by atoms with van der Waals surface area (Å²) in [5, 5.41) is 0. The summed E-state index contributed by atoms with van der Waals surface area (Å²) in [6, 6.07) is 10.2. The lowest BCUT2D eigenvalue weighted by Crippen LogP contribution is -2.46. The van der Waals surface area contributed by atoms with Crippen molar-refractivity contribution in [2.24, 2.45) is 5.92 Å². The molecule has 0 radical (unpaired) electrons. The van der Waals surface area contributed by atoms with Gasteiger partial charge in [0.2, 0.25) is 0 Å². The molecule has 3 aliphatic rings. The topological polar surface area (TPSA) is 29.5 Å². The molecule has 2 atom stereocenters. The summed E-state index contributed by atoms with van der Waals surface area (Å²) in [6.07, 6.45) is 15.9. The molecule has 0 amide bonds. The molecule has 27 heavy (non-hydrogen) atoms. The summed E-state index contributed by atoms with van der Waals surface area (Å²) >= 11 is 0. The normalized spacial score (nSPS) is 25.7. The van der Waals surface area contributed by atoms with Crippen LogP contribution in [0, 0.1) is 5.92 Å². The zero-order chi connectivity index (χ0) is 18.5. The molecule has 2 unspecified atom stereocenters. The van der Waals surface area contributed by atoms with Crippen LogP contribution in [-0.2, 0) is 9.53 Å². The fourth-order valence-corrected chi connectivity index (χ4v) is 5.62. The average Bonchev–Trinajstić information content (AvgIpc) is 3.35. The minimum absolute atomic E-state index is 0.0466. The summed E-state index contributed by atoms with van der Waals surface area (Å²) in [4.78, 5) is 15.6. The van der Waals surface area contributed by atoms with Gasteiger partial charge in [-0.25, -0.2) is 0 Å². The van der Waals surface area contributed by atoms with Crippen molar-refractivity contribution >= 4 is 5.97 Å². The van der Waals surface area contributed by atoms with Crippen LogP contribution in [0.15, 0.2) is 42.5 Å². The molecule has 1 saturated carbocycles. The Morgan fingerprint density at radius 1 is 1.11 bits per heavy atom. The second-order valence-corrected chi connectivity index (χ2v) is 8.60. The van der Waals surface area contributed by atoms with E-state index in [0.717, 1.165) is 24.9 Å². The molecule has 1 aromatic rings. The number of carbonyl (C=O) groups is 1. The van der Waals surface area contributed by atoms with E-state index in [1.807, 2.05) is 18.2 Å². The van der Waals surface area contributed by atoms with Crippen LogP contribution >= 0.6 is 0 Å². The summed E-state index contributed by atoms with van der Waals surface area (Å²) in [5.74, 6) is 0.0678. The molecule has 2 fully saturated rings. The van der Waals surface area contributed by atoms with Gasteiger partial charge in [-0.15, -0.1) is 0 Å². The molecule has 0 N–H and O–H groups in total. The van der Waals surface area contributed by atoms with Crippen LogP contribution in [0.4, 0.5) is 0 Å². The Hall–Kier alpha value is -1.61. The van der Waals surface area contributed by atoms with E-state index >= 15 is 0 Å². The van der Waals surface area contributed by atoms with E-state index in [9.17, 15) is 4.79 Å². The third kappa shape index (κ3) is 4.13. The van der Waals surface area contributed by atoms with Gasteiger partial charge in [0, 0.05) is 12.1 Å². The molecule has 1 heterocycles. The van der Waals surface area contributed by atoms with Gasteiger partial charge >= 0.3 is 5.97 Å². The van der Waals surface area contributed by atoms with Gasteiger partial charge in [-0.05, 0) is 56.6 Å². The zero-order valence-electron chi connectivity index (χ0n) is 16.4. The van der Waals surface area contributed by atoms with Gasteiger partial charge in [0.1, 0.15) is 6.61 Å². The Kier molecular flexibility index (Phi) is 5.97. The number of likely N-dealkylation sites (tertiary alicyclic amines) is 1. The largest absolute Gasteiger partial charge is 0.464 e. The third-order valence-electron chi connectivity index (χ3n) is 7.02. The summed E-state index contributed by atoms with van der Waals surface area (Å²) in [7, 11) is 0. The molecule has 0 aromatic heterocycles. The van der Waals surface area contributed by atoms with E-state index in [4.69, 9.17) is 4.74 Å². The number of esters is 1. The van der Waals surface area contributed by atoms with Crippen molar-refractivity contribution < 1.29 is 9.53 Å². The monoisotopic (exact) mass is 367 g/mol. The number of nitrogens with zero attached hydrogens (tertiary/aromatic N) is 1. The van der Waals surface area contributed by atoms with Crippen LogP contribution in [0.2, 0.25) is 0 Å². The first kappa shape index (κ1) is 18.7. The maximum Gasteiger partial charge on any atom is 0.314 e. The van der Waals surface area contributed by atoms with E-state index in [1.54, 1.807) is 0 Å². The van der Waals surface area contributed by atoms with Gasteiger partial charge in [0.05, 0.1) is 5.92 Å². The molecule has 3 nitrogen and oxygen atoms in total. The van der Waals surface area contributed by atoms with Crippen LogP contribution < -0.4 is 0 Å². The first-order valence-electron chi connectivity index (χ1n) is 10.9. The van der Waals surface area contributed by atoms with Crippen LogP contribution in [0.25, 0.3) is 0 Å². The molecular weight excluding hydrogens is 334 g/mol. The van der Waals surface area contributed by atoms with Gasteiger partial charge in [-0.3, -0.25) is 9.69 Å². The van der Waals surface area contributed by atoms with E-state index in [0.29, 0.717) is 12.1 Å². The van der Waals surface area contributed by atoms with Crippen molar-refractivity contribution in [2.45, 2.75) is 69.2 Å². The highest BCUT2D eigenvalue weighted by atomic mass is 16.5. The van der Waals surface area contributed by atoms with Crippen molar-refractivity contribution in [3.8, 4) is 0 Å². The molecule has 1 saturated heterocycles. The predicted octanol–water partition coefficient (Wildman–Crippen LogP) is 5.08. The van der Waals surface area contributed by atoms with Gasteiger partial charge in [-0.1, -0.05) is 61.7 Å². The maximum atomic E-state index is 13.0. The van der Waals surface area contributed by atoms with E-state index in [2.05, 4.69) is 29.2 Å². The Labute approximate surface area is 163 Å². The van der Waals surface area contributed by atoms with Crippen molar-refractivity contribution in [1.29, 1.82) is 0 Å². The number of benzene rings is 1. The second kappa shape index (κ2) is 8.60. The predicted molar refractivity (Wildman–Crippen MR) is 109 cm³/mol. The highest BCUT2D eigenvalue weighted by Gasteiger charge is 2.41. The Morgan fingerprint density at radius 2 is 1.89 bits per heavy atom. The van der Waals surface area contributed by atoms with Gasteiger partial charge in [0.15, 0.2) is 0 Å². The lowest BCUT2D eigenvalue weighted by atomic mass is 9.80. The van der Waals surface area contributed by atoms with Crippen molar-refractivity contribution in [3.05, 3.63) is 48.0 Å². The standard InChI is InChI=1S/C24H33NO2/c26-23(22(21-12-5-6-13-21)20-10-3-1-4-11-20)27-19-18-25-17-9-16-24(25)14-7-2-8-15-24/h1,3-5,10-12,21-22H,2,6-9,13-19H2. The lowest BCUT2D eigenvalue weighted by molar-refractivity contribution is -0.147. The van der Waals surface area contributed by atoms with Gasteiger partial charge < -0.3 is 4.74 Å². The molecule has 1 aliphatic heterocycles. The Balaban J connectivity index is 1.36. The van der Waals surface area contributed by atoms with E-state index in [1.165, 1.54) is 51.5 Å². The number of carbonyl (C=O) groups excluding carboxylic acids is 1. The SMILES string of the molecule is O=C(OCCN1CCCC12CCCCC2)C(c1ccccc1)C1C=CCC1. The highest BCUT2D eigenvalue weighted by Crippen LogP contribution is 2.41. The number of hydrogen-bond donors (Lipinski definition) is 0. The first-order chi connectivity index (χ1) is 13.3. The number of allylic oxidation sites excluding steroid dienone is 2. The molecule has 1 spiro atoms.